The van der Waals surface area contributed by atoms with Gasteiger partial charge in [0.15, 0.2) is 0 Å². The lowest BCUT2D eigenvalue weighted by molar-refractivity contribution is 0.738. The Morgan fingerprint density at radius 1 is 1.04 bits per heavy atom. The van der Waals surface area contributed by atoms with Crippen molar-refractivity contribution in [1.82, 2.24) is 50.3 Å². The fraction of sp³-hybridized carbons (Fsp3) is 0. The van der Waals surface area contributed by atoms with E-state index in [0.29, 0.717) is 0 Å². The van der Waals surface area contributed by atoms with Crippen molar-refractivity contribution in [2.45, 2.75) is 0 Å². The summed E-state index contributed by atoms with van der Waals surface area (Å²) >= 11 is 0. The highest BCUT2D eigenvalue weighted by atomic mass is 15.5. The lowest BCUT2D eigenvalue weighted by Crippen LogP contribution is -2.11. The molecule has 18 nitrogen and oxygen atoms in total. The van der Waals surface area contributed by atoms with Gasteiger partial charge in [0.05, 0.1) is 0 Å². The van der Waals surface area contributed by atoms with Crippen molar-refractivity contribution < 1.29 is 0 Å². The fourth-order valence-corrected chi connectivity index (χ4v) is 1.40. The molecule has 3 rings (SSSR count). The summed E-state index contributed by atoms with van der Waals surface area (Å²) in [4.78, 5) is 12.5. The van der Waals surface area contributed by atoms with Gasteiger partial charge in [-0.05, 0) is 21.3 Å². The number of anilines is 3. The summed E-state index contributed by atoms with van der Waals surface area (Å²) in [6.07, 6.45) is 0. The maximum absolute atomic E-state index is 8.33. The second-order valence-electron chi connectivity index (χ2n) is 3.69. The molecule has 18 heteroatoms. The maximum atomic E-state index is 8.33. The number of azide groups is 2. The van der Waals surface area contributed by atoms with Crippen molar-refractivity contribution in [2.24, 2.45) is 10.2 Å². The molecule has 3 heterocycles. The van der Waals surface area contributed by atoms with Gasteiger partial charge in [-0.1, -0.05) is 0 Å². The predicted molar refractivity (Wildman–Crippen MR) is 74.2 cm³/mol. The van der Waals surface area contributed by atoms with Crippen LogP contribution in [0.2, 0.25) is 0 Å². The van der Waals surface area contributed by atoms with Crippen LogP contribution in [0.4, 0.5) is 29.7 Å². The molecule has 0 spiro atoms. The van der Waals surface area contributed by atoms with Gasteiger partial charge in [-0.2, -0.15) is 14.6 Å². The van der Waals surface area contributed by atoms with Gasteiger partial charge in [0.2, 0.25) is 23.8 Å². The van der Waals surface area contributed by atoms with Gasteiger partial charge in [-0.15, -0.1) is 30.6 Å². The van der Waals surface area contributed by atoms with E-state index >= 15 is 0 Å². The molecule has 24 heavy (non-hydrogen) atoms. The number of rotatable bonds is 5. The summed E-state index contributed by atoms with van der Waals surface area (Å²) in [5, 5.41) is 33.7. The maximum Gasteiger partial charge on any atom is 0.292 e. The highest BCUT2D eigenvalue weighted by Crippen LogP contribution is 2.13. The van der Waals surface area contributed by atoms with Crippen molar-refractivity contribution in [3.05, 3.63) is 20.9 Å². The second kappa shape index (κ2) is 6.05. The topological polar surface area (TPSA) is 259 Å². The minimum Gasteiger partial charge on any atom is -0.368 e. The van der Waals surface area contributed by atoms with Crippen LogP contribution in [0.15, 0.2) is 10.2 Å². The van der Waals surface area contributed by atoms with Crippen LogP contribution >= 0.6 is 0 Å². The van der Waals surface area contributed by atoms with E-state index in [4.69, 9.17) is 16.8 Å². The minimum absolute atomic E-state index is 0.0414. The molecule has 0 radical (unpaired) electrons. The summed E-state index contributed by atoms with van der Waals surface area (Å²) in [7, 11) is 0. The third-order valence-electron chi connectivity index (χ3n) is 2.25. The zero-order chi connectivity index (χ0) is 16.9. The van der Waals surface area contributed by atoms with Gasteiger partial charge in [0.1, 0.15) is 0 Å². The number of aromatic amines is 1. The first kappa shape index (κ1) is 14.4. The molecule has 0 aliphatic rings. The van der Waals surface area contributed by atoms with Gasteiger partial charge in [-0.25, -0.2) is 0 Å². The number of hydrogen-bond donors (Lipinski definition) is 3. The number of aromatic nitrogens is 10. The third kappa shape index (κ3) is 2.88. The number of hydrogen-bond acceptors (Lipinski definition) is 12. The Morgan fingerprint density at radius 2 is 1.79 bits per heavy atom. The first-order chi connectivity index (χ1) is 11.7. The van der Waals surface area contributed by atoms with E-state index in [0.717, 1.165) is 4.68 Å². The van der Waals surface area contributed by atoms with Gasteiger partial charge >= 0.3 is 0 Å². The van der Waals surface area contributed by atoms with Crippen LogP contribution in [0.1, 0.15) is 0 Å². The zero-order valence-electron chi connectivity index (χ0n) is 11.3. The number of H-pyrrole nitrogens is 1. The van der Waals surface area contributed by atoms with Gasteiger partial charge in [0.25, 0.3) is 11.9 Å². The van der Waals surface area contributed by atoms with Crippen molar-refractivity contribution in [1.29, 1.82) is 0 Å². The molecule has 0 aliphatic carbocycles. The Kier molecular flexibility index (Phi) is 3.63. The molecule has 0 atom stereocenters. The highest BCUT2D eigenvalue weighted by molar-refractivity contribution is 5.42. The molecular formula is C6H4N18. The van der Waals surface area contributed by atoms with Crippen LogP contribution in [0.3, 0.4) is 0 Å². The van der Waals surface area contributed by atoms with E-state index in [1.165, 1.54) is 0 Å². The molecule has 0 fully saturated rings. The number of nitrogens with two attached hydrogens (primary N) is 1. The molecular weight excluding hydrogens is 324 g/mol. The Labute approximate surface area is 129 Å². The fourth-order valence-electron chi connectivity index (χ4n) is 1.40. The summed E-state index contributed by atoms with van der Waals surface area (Å²) in [6, 6.07) is 0. The SMILES string of the molecule is [N-]=[N+]=Nc1nc(N)n(-c2nnc(Nc3n[nH]c(N=[N+]=[N-])n3)nn2)n1. The van der Waals surface area contributed by atoms with Crippen molar-refractivity contribution >= 4 is 29.7 Å². The molecule has 0 bridgehead atoms. The lowest BCUT2D eigenvalue weighted by Gasteiger charge is -2.00. The molecule has 0 unspecified atom stereocenters. The molecule has 0 saturated heterocycles. The third-order valence-corrected chi connectivity index (χ3v) is 2.25. The Hall–Kier alpha value is -4.56. The Bertz CT molecular complexity index is 948. The quantitative estimate of drug-likeness (QED) is 0.324. The average Bonchev–Trinajstić information content (AvgIpc) is 3.16. The van der Waals surface area contributed by atoms with Crippen LogP contribution in [0, 0.1) is 0 Å². The van der Waals surface area contributed by atoms with Crippen LogP contribution in [0.5, 0.6) is 0 Å². The number of nitrogens with one attached hydrogen (secondary N) is 2. The largest absolute Gasteiger partial charge is 0.368 e. The summed E-state index contributed by atoms with van der Waals surface area (Å²) in [5.74, 6) is -0.464. The standard InChI is InChI=1S/C6H4N18/c7-1-10-5(18-23-9)21-24(1)6-19-15-3(16-20-6)11-2-12-4(14-13-2)17-22-8/h(H2,7,10,21)(H2,11,12,13,14,15,16). The molecule has 0 amide bonds. The molecule has 0 aliphatic heterocycles. The van der Waals surface area contributed by atoms with E-state index in [2.05, 4.69) is 71.0 Å². The van der Waals surface area contributed by atoms with E-state index < -0.39 is 0 Å². The smallest absolute Gasteiger partial charge is 0.292 e. The van der Waals surface area contributed by atoms with Crippen molar-refractivity contribution in [3.8, 4) is 5.95 Å². The normalized spacial score (nSPS) is 9.83. The van der Waals surface area contributed by atoms with E-state index in [1.807, 2.05) is 0 Å². The molecule has 3 aromatic rings. The van der Waals surface area contributed by atoms with Crippen molar-refractivity contribution in [2.75, 3.05) is 11.1 Å². The highest BCUT2D eigenvalue weighted by Gasteiger charge is 2.12. The first-order valence-corrected chi connectivity index (χ1v) is 5.79. The van der Waals surface area contributed by atoms with Crippen LogP contribution < -0.4 is 11.1 Å². The van der Waals surface area contributed by atoms with Gasteiger partial charge < -0.3 is 5.73 Å². The van der Waals surface area contributed by atoms with E-state index in [1.54, 1.807) is 0 Å². The Morgan fingerprint density at radius 3 is 2.50 bits per heavy atom. The second-order valence-corrected chi connectivity index (χ2v) is 3.69. The molecule has 0 saturated carbocycles. The molecule has 0 aromatic carbocycles. The summed E-state index contributed by atoms with van der Waals surface area (Å²) < 4.78 is 0.986. The van der Waals surface area contributed by atoms with E-state index in [-0.39, 0.29) is 35.7 Å². The van der Waals surface area contributed by atoms with Crippen molar-refractivity contribution in [3.63, 3.8) is 0 Å². The Balaban J connectivity index is 1.79. The van der Waals surface area contributed by atoms with Crippen LogP contribution in [-0.2, 0) is 0 Å². The minimum atomic E-state index is -0.202. The average molecular weight is 328 g/mol. The first-order valence-electron chi connectivity index (χ1n) is 5.79. The summed E-state index contributed by atoms with van der Waals surface area (Å²) in [6.45, 7) is 0. The number of nitrogens with zero attached hydrogens (tertiary/aromatic N) is 15. The van der Waals surface area contributed by atoms with Gasteiger partial charge in [-0.3, -0.25) is 10.4 Å². The lowest BCUT2D eigenvalue weighted by atomic mass is 10.9. The zero-order valence-corrected chi connectivity index (χ0v) is 11.3. The molecule has 118 valence electrons. The monoisotopic (exact) mass is 328 g/mol. The van der Waals surface area contributed by atoms with E-state index in [9.17, 15) is 0 Å². The molecule has 3 aromatic heterocycles. The summed E-state index contributed by atoms with van der Waals surface area (Å²) in [5.41, 5.74) is 22.2. The van der Waals surface area contributed by atoms with Gasteiger partial charge in [0, 0.05) is 9.82 Å². The van der Waals surface area contributed by atoms with Crippen LogP contribution in [-0.4, -0.2) is 50.3 Å². The van der Waals surface area contributed by atoms with Crippen LogP contribution in [0.25, 0.3) is 26.8 Å². The predicted octanol–water partition coefficient (Wildman–Crippen LogP) is 0.175. The number of nitrogen functional groups attached to an aromatic ring is 1. The molecule has 4 N–H and O–H groups in total.